The molecule has 0 aliphatic heterocycles. The molecule has 0 aliphatic carbocycles. The number of rotatable bonds is 1. The molecule has 0 saturated heterocycles. The summed E-state index contributed by atoms with van der Waals surface area (Å²) in [5, 5.41) is 0.0151. The maximum Gasteiger partial charge on any atom is 0.160 e. The van der Waals surface area contributed by atoms with Gasteiger partial charge in [-0.05, 0) is 17.7 Å². The first-order chi connectivity index (χ1) is 5.15. The van der Waals surface area contributed by atoms with Gasteiger partial charge in [-0.15, -0.1) is 11.6 Å². The van der Waals surface area contributed by atoms with Gasteiger partial charge < -0.3 is 0 Å². The maximum atomic E-state index is 12.7. The van der Waals surface area contributed by atoms with Crippen molar-refractivity contribution in [3.05, 3.63) is 33.6 Å². The second kappa shape index (κ2) is 3.61. The van der Waals surface area contributed by atoms with Gasteiger partial charge in [0.1, 0.15) is 0 Å². The van der Waals surface area contributed by atoms with Gasteiger partial charge in [0, 0.05) is 5.88 Å². The van der Waals surface area contributed by atoms with Gasteiger partial charge in [0.05, 0.1) is 10.0 Å². The molecule has 0 heterocycles. The van der Waals surface area contributed by atoms with Gasteiger partial charge in [0.2, 0.25) is 0 Å². The number of halogens is 4. The molecule has 0 fully saturated rings. The van der Waals surface area contributed by atoms with Crippen LogP contribution in [0, 0.1) is 5.82 Å². The van der Waals surface area contributed by atoms with Crippen LogP contribution in [-0.4, -0.2) is 0 Å². The predicted molar refractivity (Wildman–Crippen MR) is 46.0 cm³/mol. The molecule has 60 valence electrons. The van der Waals surface area contributed by atoms with Gasteiger partial charge in [0.15, 0.2) is 5.82 Å². The summed E-state index contributed by atoms with van der Waals surface area (Å²) in [6, 6.07) is 2.91. The van der Waals surface area contributed by atoms with Crippen LogP contribution < -0.4 is 0 Å². The third-order valence-corrected chi connectivity index (χ3v) is 2.06. The van der Waals surface area contributed by atoms with Crippen molar-refractivity contribution in [1.82, 2.24) is 0 Å². The molecule has 0 bridgehead atoms. The van der Waals surface area contributed by atoms with E-state index >= 15 is 0 Å². The van der Waals surface area contributed by atoms with Crippen molar-refractivity contribution < 1.29 is 4.39 Å². The van der Waals surface area contributed by atoms with E-state index < -0.39 is 5.82 Å². The van der Waals surface area contributed by atoms with E-state index in [4.69, 9.17) is 34.8 Å². The van der Waals surface area contributed by atoms with Crippen molar-refractivity contribution in [3.8, 4) is 0 Å². The van der Waals surface area contributed by atoms with Crippen molar-refractivity contribution in [2.45, 2.75) is 5.88 Å². The Bertz CT molecular complexity index is 249. The summed E-state index contributed by atoms with van der Waals surface area (Å²) in [6.07, 6.45) is 0. The third kappa shape index (κ3) is 1.98. The van der Waals surface area contributed by atoms with Crippen LogP contribution in [0.3, 0.4) is 0 Å². The number of hydrogen-bond acceptors (Lipinski definition) is 0. The van der Waals surface area contributed by atoms with Crippen molar-refractivity contribution in [2.24, 2.45) is 0 Å². The van der Waals surface area contributed by atoms with Crippen LogP contribution >= 0.6 is 34.8 Å². The van der Waals surface area contributed by atoms with Crippen molar-refractivity contribution in [1.29, 1.82) is 0 Å². The SMILES string of the molecule is Fc1c(Cl)cc(CCl)cc1Cl. The molecule has 0 saturated carbocycles. The van der Waals surface area contributed by atoms with Crippen LogP contribution in [0.15, 0.2) is 12.1 Å². The molecule has 0 aromatic heterocycles. The highest BCUT2D eigenvalue weighted by Gasteiger charge is 2.06. The van der Waals surface area contributed by atoms with Crippen molar-refractivity contribution >= 4 is 34.8 Å². The molecule has 0 unspecified atom stereocenters. The molecule has 0 radical (unpaired) electrons. The average Bonchev–Trinajstić information content (AvgIpc) is 1.99. The lowest BCUT2D eigenvalue weighted by atomic mass is 10.2. The quantitative estimate of drug-likeness (QED) is 0.491. The minimum Gasteiger partial charge on any atom is -0.204 e. The molecule has 0 N–H and O–H groups in total. The van der Waals surface area contributed by atoms with Gasteiger partial charge in [-0.1, -0.05) is 23.2 Å². The third-order valence-electron chi connectivity index (χ3n) is 1.20. The summed E-state index contributed by atoms with van der Waals surface area (Å²) >= 11 is 16.4. The van der Waals surface area contributed by atoms with E-state index in [1.54, 1.807) is 0 Å². The summed E-state index contributed by atoms with van der Waals surface area (Å²) in [5.74, 6) is -0.318. The zero-order chi connectivity index (χ0) is 8.43. The topological polar surface area (TPSA) is 0 Å². The summed E-state index contributed by atoms with van der Waals surface area (Å²) in [6.45, 7) is 0. The molecular formula is C7H4Cl3F. The minimum absolute atomic E-state index is 0.00755. The largest absolute Gasteiger partial charge is 0.204 e. The predicted octanol–water partition coefficient (Wildman–Crippen LogP) is 3.87. The Kier molecular flexibility index (Phi) is 2.99. The second-order valence-electron chi connectivity index (χ2n) is 2.01. The fourth-order valence-corrected chi connectivity index (χ4v) is 1.37. The molecule has 0 spiro atoms. The van der Waals surface area contributed by atoms with Crippen LogP contribution in [0.25, 0.3) is 0 Å². The van der Waals surface area contributed by atoms with E-state index in [-0.39, 0.29) is 15.9 Å². The monoisotopic (exact) mass is 212 g/mol. The van der Waals surface area contributed by atoms with Crippen molar-refractivity contribution in [3.63, 3.8) is 0 Å². The standard InChI is InChI=1S/C7H4Cl3F/c8-3-4-1-5(9)7(11)6(10)2-4/h1-2H,3H2. The minimum atomic E-state index is -0.595. The Morgan fingerprint density at radius 1 is 1.18 bits per heavy atom. The molecule has 0 atom stereocenters. The Morgan fingerprint density at radius 2 is 1.64 bits per heavy atom. The smallest absolute Gasteiger partial charge is 0.160 e. The first kappa shape index (κ1) is 9.11. The van der Waals surface area contributed by atoms with E-state index in [0.29, 0.717) is 5.56 Å². The second-order valence-corrected chi connectivity index (χ2v) is 3.09. The molecule has 11 heavy (non-hydrogen) atoms. The van der Waals surface area contributed by atoms with Gasteiger partial charge in [-0.25, -0.2) is 4.39 Å². The Hall–Kier alpha value is 0.0200. The van der Waals surface area contributed by atoms with Gasteiger partial charge in [-0.2, -0.15) is 0 Å². The van der Waals surface area contributed by atoms with E-state index in [1.165, 1.54) is 12.1 Å². The highest BCUT2D eigenvalue weighted by molar-refractivity contribution is 6.35. The Morgan fingerprint density at radius 3 is 2.00 bits per heavy atom. The highest BCUT2D eigenvalue weighted by atomic mass is 35.5. The maximum absolute atomic E-state index is 12.7. The van der Waals surface area contributed by atoms with E-state index in [0.717, 1.165) is 0 Å². The van der Waals surface area contributed by atoms with E-state index in [9.17, 15) is 4.39 Å². The zero-order valence-corrected chi connectivity index (χ0v) is 7.64. The number of benzene rings is 1. The molecule has 0 nitrogen and oxygen atoms in total. The van der Waals surface area contributed by atoms with E-state index in [1.807, 2.05) is 0 Å². The summed E-state index contributed by atoms with van der Waals surface area (Å²) in [7, 11) is 0. The lowest BCUT2D eigenvalue weighted by Gasteiger charge is -1.99. The summed E-state index contributed by atoms with van der Waals surface area (Å²) in [5.41, 5.74) is 0.711. The molecule has 1 rings (SSSR count). The van der Waals surface area contributed by atoms with Crippen LogP contribution in [0.5, 0.6) is 0 Å². The van der Waals surface area contributed by atoms with E-state index in [2.05, 4.69) is 0 Å². The van der Waals surface area contributed by atoms with Gasteiger partial charge >= 0.3 is 0 Å². The molecule has 1 aromatic rings. The molecular weight excluding hydrogens is 209 g/mol. The van der Waals surface area contributed by atoms with Crippen LogP contribution in [-0.2, 0) is 5.88 Å². The molecule has 4 heteroatoms. The van der Waals surface area contributed by atoms with Crippen molar-refractivity contribution in [2.75, 3.05) is 0 Å². The molecule has 0 amide bonds. The summed E-state index contributed by atoms with van der Waals surface area (Å²) < 4.78 is 12.7. The Labute approximate surface area is 78.9 Å². The van der Waals surface area contributed by atoms with Crippen LogP contribution in [0.4, 0.5) is 4.39 Å². The molecule has 1 aromatic carbocycles. The van der Waals surface area contributed by atoms with Crippen LogP contribution in [0.2, 0.25) is 10.0 Å². The average molecular weight is 213 g/mol. The first-order valence-corrected chi connectivity index (χ1v) is 4.13. The van der Waals surface area contributed by atoms with Gasteiger partial charge in [0.25, 0.3) is 0 Å². The first-order valence-electron chi connectivity index (χ1n) is 2.84. The number of alkyl halides is 1. The normalized spacial score (nSPS) is 10.2. The fourth-order valence-electron chi connectivity index (χ4n) is 0.685. The molecule has 0 aliphatic rings. The van der Waals surface area contributed by atoms with Gasteiger partial charge in [-0.3, -0.25) is 0 Å². The fraction of sp³-hybridized carbons (Fsp3) is 0.143. The highest BCUT2D eigenvalue weighted by Crippen LogP contribution is 2.25. The number of hydrogen-bond donors (Lipinski definition) is 0. The lowest BCUT2D eigenvalue weighted by Crippen LogP contribution is -1.83. The lowest BCUT2D eigenvalue weighted by molar-refractivity contribution is 0.628. The Balaban J connectivity index is 3.21. The summed E-state index contributed by atoms with van der Waals surface area (Å²) in [4.78, 5) is 0. The van der Waals surface area contributed by atoms with Crippen LogP contribution in [0.1, 0.15) is 5.56 Å². The zero-order valence-electron chi connectivity index (χ0n) is 5.37.